The zero-order valence-electron chi connectivity index (χ0n) is 20.8. The third-order valence-electron chi connectivity index (χ3n) is 11.0. The van der Waals surface area contributed by atoms with E-state index in [1.165, 1.54) is 38.5 Å². The summed E-state index contributed by atoms with van der Waals surface area (Å²) < 4.78 is 0. The van der Waals surface area contributed by atoms with E-state index in [-0.39, 0.29) is 12.0 Å². The molecule has 0 heterocycles. The number of rotatable bonds is 6. The summed E-state index contributed by atoms with van der Waals surface area (Å²) in [6.45, 7) is 7.53. The topological polar surface area (TPSA) is 49.8 Å². The van der Waals surface area contributed by atoms with Crippen LogP contribution < -0.4 is 0 Å². The SMILES string of the molecule is CON(C(=O)CCC(C)[C@H]1CC[C@H]2[C@@H]3CC=C4C[C@@H](O)CC[C@]4(C)[C@H]3CC[C@]12C)C1CC1. The first-order chi connectivity index (χ1) is 15.3. The van der Waals surface area contributed by atoms with Gasteiger partial charge in [-0.1, -0.05) is 32.4 Å². The Morgan fingerprint density at radius 1 is 1.16 bits per heavy atom. The first-order valence-electron chi connectivity index (χ1n) is 13.5. The van der Waals surface area contributed by atoms with Gasteiger partial charge in [0.05, 0.1) is 19.3 Å². The summed E-state index contributed by atoms with van der Waals surface area (Å²) in [4.78, 5) is 18.1. The number of hydrogen-bond acceptors (Lipinski definition) is 3. The molecule has 180 valence electrons. The monoisotopic (exact) mass is 443 g/mol. The van der Waals surface area contributed by atoms with Gasteiger partial charge in [-0.15, -0.1) is 0 Å². The van der Waals surface area contributed by atoms with Crippen LogP contribution in [-0.2, 0) is 9.63 Å². The predicted octanol–water partition coefficient (Wildman–Crippen LogP) is 5.90. The fraction of sp³-hybridized carbons (Fsp3) is 0.893. The molecule has 0 aromatic carbocycles. The Morgan fingerprint density at radius 3 is 2.66 bits per heavy atom. The van der Waals surface area contributed by atoms with Crippen molar-refractivity contribution in [1.29, 1.82) is 0 Å². The van der Waals surface area contributed by atoms with Crippen LogP contribution in [0.5, 0.6) is 0 Å². The summed E-state index contributed by atoms with van der Waals surface area (Å²) in [6, 6.07) is 0.331. The summed E-state index contributed by atoms with van der Waals surface area (Å²) in [6.07, 6.45) is 15.9. The molecule has 0 spiro atoms. The number of carbonyl (C=O) groups excluding carboxylic acids is 1. The number of amides is 1. The zero-order chi connectivity index (χ0) is 22.7. The highest BCUT2D eigenvalue weighted by Crippen LogP contribution is 2.67. The summed E-state index contributed by atoms with van der Waals surface area (Å²) in [5.74, 6) is 3.96. The second kappa shape index (κ2) is 8.41. The van der Waals surface area contributed by atoms with Crippen LogP contribution in [0.3, 0.4) is 0 Å². The molecular weight excluding hydrogens is 398 g/mol. The first kappa shape index (κ1) is 22.9. The molecular formula is C28H45NO3. The average molecular weight is 444 g/mol. The van der Waals surface area contributed by atoms with Crippen LogP contribution in [0.2, 0.25) is 0 Å². The number of allylic oxidation sites excluding steroid dienone is 1. The molecule has 1 unspecified atom stereocenters. The molecule has 0 aromatic heterocycles. The average Bonchev–Trinajstić information content (AvgIpc) is 3.53. The Balaban J connectivity index is 1.26. The van der Waals surface area contributed by atoms with E-state index >= 15 is 0 Å². The van der Waals surface area contributed by atoms with E-state index in [1.807, 2.05) is 0 Å². The molecule has 1 amide bonds. The lowest BCUT2D eigenvalue weighted by Crippen LogP contribution is -2.50. The lowest BCUT2D eigenvalue weighted by molar-refractivity contribution is -0.179. The number of aliphatic hydroxyl groups excluding tert-OH is 1. The fourth-order valence-corrected chi connectivity index (χ4v) is 9.04. The summed E-state index contributed by atoms with van der Waals surface area (Å²) in [5.41, 5.74) is 2.32. The highest BCUT2D eigenvalue weighted by atomic mass is 16.7. The van der Waals surface area contributed by atoms with Gasteiger partial charge in [-0.2, -0.15) is 0 Å². The van der Waals surface area contributed by atoms with Crippen LogP contribution in [0, 0.1) is 40.4 Å². The summed E-state index contributed by atoms with van der Waals surface area (Å²) in [5, 5.41) is 11.9. The van der Waals surface area contributed by atoms with Gasteiger partial charge in [0.1, 0.15) is 0 Å². The van der Waals surface area contributed by atoms with Crippen LogP contribution in [0.4, 0.5) is 0 Å². The third kappa shape index (κ3) is 3.68. The van der Waals surface area contributed by atoms with Crippen molar-refractivity contribution in [2.45, 2.75) is 110 Å². The number of hydroxylamine groups is 2. The van der Waals surface area contributed by atoms with E-state index in [0.29, 0.717) is 29.2 Å². The maximum Gasteiger partial charge on any atom is 0.246 e. The molecule has 0 saturated heterocycles. The van der Waals surface area contributed by atoms with Crippen molar-refractivity contribution in [3.05, 3.63) is 11.6 Å². The molecule has 4 nitrogen and oxygen atoms in total. The van der Waals surface area contributed by atoms with Gasteiger partial charge in [0.15, 0.2) is 0 Å². The van der Waals surface area contributed by atoms with E-state index in [9.17, 15) is 9.90 Å². The Kier molecular flexibility index (Phi) is 6.02. The Bertz CT molecular complexity index is 760. The number of nitrogens with zero attached hydrogens (tertiary/aromatic N) is 1. The Labute approximate surface area is 195 Å². The number of fused-ring (bicyclic) bond motifs is 5. The zero-order valence-corrected chi connectivity index (χ0v) is 20.8. The minimum absolute atomic E-state index is 0.118. The van der Waals surface area contributed by atoms with Gasteiger partial charge in [0.25, 0.3) is 0 Å². The molecule has 8 atom stereocenters. The molecule has 5 aliphatic rings. The maximum absolute atomic E-state index is 12.7. The predicted molar refractivity (Wildman–Crippen MR) is 126 cm³/mol. The maximum atomic E-state index is 12.7. The number of carbonyl (C=O) groups is 1. The lowest BCUT2D eigenvalue weighted by Gasteiger charge is -2.58. The minimum atomic E-state index is -0.118. The van der Waals surface area contributed by atoms with Crippen LogP contribution in [0.25, 0.3) is 0 Å². The van der Waals surface area contributed by atoms with Gasteiger partial charge in [-0.25, -0.2) is 5.06 Å². The molecule has 5 aliphatic carbocycles. The highest BCUT2D eigenvalue weighted by Gasteiger charge is 2.59. The summed E-state index contributed by atoms with van der Waals surface area (Å²) >= 11 is 0. The van der Waals surface area contributed by atoms with Gasteiger partial charge in [0.2, 0.25) is 5.91 Å². The lowest BCUT2D eigenvalue weighted by atomic mass is 9.47. The molecule has 4 fully saturated rings. The van der Waals surface area contributed by atoms with E-state index in [0.717, 1.165) is 55.8 Å². The van der Waals surface area contributed by atoms with Crippen molar-refractivity contribution < 1.29 is 14.7 Å². The van der Waals surface area contributed by atoms with Crippen molar-refractivity contribution >= 4 is 5.91 Å². The van der Waals surface area contributed by atoms with Gasteiger partial charge in [-0.05, 0) is 111 Å². The van der Waals surface area contributed by atoms with Gasteiger partial charge < -0.3 is 5.11 Å². The van der Waals surface area contributed by atoms with E-state index < -0.39 is 0 Å². The van der Waals surface area contributed by atoms with Gasteiger partial charge in [0, 0.05) is 6.42 Å². The van der Waals surface area contributed by atoms with E-state index in [1.54, 1.807) is 17.7 Å². The molecule has 32 heavy (non-hydrogen) atoms. The standard InChI is InChI=1S/C28H45NO3/c1-18(5-12-26(31)29(32-4)20-7-8-20)23-10-11-24-22-9-6-19-17-21(30)13-15-27(19,2)25(22)14-16-28(23,24)3/h6,18,20-25,30H,5,7-17H2,1-4H3/t18?,21-,22-,23+,24-,25-,27-,28+/m0/s1. The van der Waals surface area contributed by atoms with Crippen molar-refractivity contribution in [2.75, 3.05) is 7.11 Å². The molecule has 4 saturated carbocycles. The van der Waals surface area contributed by atoms with Crippen LogP contribution >= 0.6 is 0 Å². The van der Waals surface area contributed by atoms with Gasteiger partial charge >= 0.3 is 0 Å². The minimum Gasteiger partial charge on any atom is -0.393 e. The van der Waals surface area contributed by atoms with Crippen molar-refractivity contribution in [3.8, 4) is 0 Å². The second-order valence-corrected chi connectivity index (χ2v) is 12.5. The molecule has 4 heteroatoms. The molecule has 0 bridgehead atoms. The highest BCUT2D eigenvalue weighted by molar-refractivity contribution is 5.75. The molecule has 5 rings (SSSR count). The fourth-order valence-electron chi connectivity index (χ4n) is 9.04. The number of hydrogen-bond donors (Lipinski definition) is 1. The van der Waals surface area contributed by atoms with Crippen molar-refractivity contribution in [1.82, 2.24) is 5.06 Å². The summed E-state index contributed by atoms with van der Waals surface area (Å²) in [7, 11) is 1.64. The van der Waals surface area contributed by atoms with Gasteiger partial charge in [-0.3, -0.25) is 9.63 Å². The van der Waals surface area contributed by atoms with E-state index in [4.69, 9.17) is 4.84 Å². The van der Waals surface area contributed by atoms with Crippen LogP contribution in [0.1, 0.15) is 97.8 Å². The largest absolute Gasteiger partial charge is 0.393 e. The Morgan fingerprint density at radius 2 is 1.94 bits per heavy atom. The second-order valence-electron chi connectivity index (χ2n) is 12.5. The van der Waals surface area contributed by atoms with Crippen LogP contribution in [0.15, 0.2) is 11.6 Å². The molecule has 0 radical (unpaired) electrons. The smallest absolute Gasteiger partial charge is 0.246 e. The van der Waals surface area contributed by atoms with E-state index in [2.05, 4.69) is 26.8 Å². The van der Waals surface area contributed by atoms with Crippen LogP contribution in [-0.4, -0.2) is 35.3 Å². The van der Waals surface area contributed by atoms with Crippen molar-refractivity contribution in [3.63, 3.8) is 0 Å². The number of aliphatic hydroxyl groups is 1. The molecule has 1 N–H and O–H groups in total. The normalized spacial score (nSPS) is 44.2. The third-order valence-corrected chi connectivity index (χ3v) is 11.0. The first-order valence-corrected chi connectivity index (χ1v) is 13.5. The quantitative estimate of drug-likeness (QED) is 0.411. The van der Waals surface area contributed by atoms with Crippen molar-refractivity contribution in [2.24, 2.45) is 40.4 Å². The molecule has 0 aliphatic heterocycles. The Hall–Kier alpha value is -0.870. The molecule has 0 aromatic rings.